The van der Waals surface area contributed by atoms with Crippen molar-refractivity contribution < 1.29 is 18.0 Å². The van der Waals surface area contributed by atoms with Crippen molar-refractivity contribution in [2.75, 3.05) is 0 Å². The van der Waals surface area contributed by atoms with Gasteiger partial charge in [0.25, 0.3) is 0 Å². The summed E-state index contributed by atoms with van der Waals surface area (Å²) in [6, 6.07) is 15.2. The molecule has 3 rings (SSSR count). The minimum atomic E-state index is -4.58. The van der Waals surface area contributed by atoms with E-state index in [1.54, 1.807) is 36.4 Å². The minimum absolute atomic E-state index is 0.0299. The lowest BCUT2D eigenvalue weighted by atomic mass is 10.0. The Morgan fingerprint density at radius 2 is 1.64 bits per heavy atom. The molecule has 1 aliphatic rings. The van der Waals surface area contributed by atoms with E-state index in [1.807, 2.05) is 6.07 Å². The molecule has 0 heterocycles. The molecule has 1 aliphatic carbocycles. The van der Waals surface area contributed by atoms with E-state index in [0.717, 1.165) is 5.56 Å². The summed E-state index contributed by atoms with van der Waals surface area (Å²) in [5.41, 5.74) is -0.193. The monoisotopic (exact) mass is 387 g/mol. The van der Waals surface area contributed by atoms with Crippen molar-refractivity contribution in [1.82, 2.24) is 10.6 Å². The number of carbonyl (C=O) groups is 1. The summed E-state index contributed by atoms with van der Waals surface area (Å²) in [6.07, 6.45) is -3.49. The number of hydrogen-bond acceptors (Lipinski definition) is 3. The fourth-order valence-electron chi connectivity index (χ4n) is 3.02. The molecule has 1 fully saturated rings. The van der Waals surface area contributed by atoms with Gasteiger partial charge in [-0.05, 0) is 30.4 Å². The van der Waals surface area contributed by atoms with Gasteiger partial charge in [0.05, 0.1) is 12.1 Å². The van der Waals surface area contributed by atoms with Crippen LogP contribution >= 0.6 is 0 Å². The average molecular weight is 387 g/mol. The fourth-order valence-corrected chi connectivity index (χ4v) is 3.02. The highest BCUT2D eigenvalue weighted by Crippen LogP contribution is 2.35. The quantitative estimate of drug-likeness (QED) is 0.762. The SMILES string of the molecule is N#CC1(NC(=O)[C@H](Cc2ccccc2)N[C@H](c2ccccc2)C(F)(F)F)CC1. The molecule has 0 radical (unpaired) electrons. The van der Waals surface area contributed by atoms with Crippen LogP contribution in [-0.4, -0.2) is 23.7 Å². The van der Waals surface area contributed by atoms with Crippen molar-refractivity contribution in [2.24, 2.45) is 0 Å². The molecule has 146 valence electrons. The third kappa shape index (κ3) is 4.90. The lowest BCUT2D eigenvalue weighted by Crippen LogP contribution is -2.52. The number of nitrogens with one attached hydrogen (secondary N) is 2. The van der Waals surface area contributed by atoms with Gasteiger partial charge in [-0.3, -0.25) is 10.1 Å². The normalized spacial score (nSPS) is 17.2. The third-order valence-corrected chi connectivity index (χ3v) is 4.75. The van der Waals surface area contributed by atoms with Gasteiger partial charge in [-0.1, -0.05) is 60.7 Å². The fraction of sp³-hybridized carbons (Fsp3) is 0.333. The van der Waals surface area contributed by atoms with E-state index in [9.17, 15) is 23.2 Å². The highest BCUT2D eigenvalue weighted by molar-refractivity contribution is 5.83. The van der Waals surface area contributed by atoms with Crippen LogP contribution in [0.4, 0.5) is 13.2 Å². The topological polar surface area (TPSA) is 64.9 Å². The molecule has 0 saturated heterocycles. The first kappa shape index (κ1) is 19.9. The molecular weight excluding hydrogens is 367 g/mol. The van der Waals surface area contributed by atoms with Crippen LogP contribution in [0.25, 0.3) is 0 Å². The smallest absolute Gasteiger partial charge is 0.336 e. The number of benzene rings is 2. The van der Waals surface area contributed by atoms with Gasteiger partial charge in [0.2, 0.25) is 5.91 Å². The van der Waals surface area contributed by atoms with E-state index < -0.39 is 29.7 Å². The van der Waals surface area contributed by atoms with Gasteiger partial charge in [-0.2, -0.15) is 18.4 Å². The molecule has 0 aromatic heterocycles. The first-order valence-corrected chi connectivity index (χ1v) is 8.98. The van der Waals surface area contributed by atoms with Crippen LogP contribution in [0, 0.1) is 11.3 Å². The van der Waals surface area contributed by atoms with Gasteiger partial charge >= 0.3 is 6.18 Å². The average Bonchev–Trinajstić information content (AvgIpc) is 3.45. The molecule has 2 N–H and O–H groups in total. The number of hydrogen-bond donors (Lipinski definition) is 2. The molecule has 2 aromatic rings. The summed E-state index contributed by atoms with van der Waals surface area (Å²) in [6.45, 7) is 0. The Morgan fingerprint density at radius 3 is 2.14 bits per heavy atom. The van der Waals surface area contributed by atoms with E-state index in [0.29, 0.717) is 12.8 Å². The van der Waals surface area contributed by atoms with Gasteiger partial charge in [0, 0.05) is 0 Å². The number of halogens is 3. The van der Waals surface area contributed by atoms with E-state index in [-0.39, 0.29) is 12.0 Å². The van der Waals surface area contributed by atoms with E-state index >= 15 is 0 Å². The van der Waals surface area contributed by atoms with Gasteiger partial charge in [-0.25, -0.2) is 0 Å². The molecule has 2 atom stereocenters. The lowest BCUT2D eigenvalue weighted by Gasteiger charge is -2.28. The molecular formula is C21H20F3N3O. The Kier molecular flexibility index (Phi) is 5.71. The molecule has 0 spiro atoms. The number of alkyl halides is 3. The van der Waals surface area contributed by atoms with Crippen molar-refractivity contribution in [3.63, 3.8) is 0 Å². The van der Waals surface area contributed by atoms with Crippen LogP contribution in [0.2, 0.25) is 0 Å². The largest absolute Gasteiger partial charge is 0.407 e. The maximum Gasteiger partial charge on any atom is 0.407 e. The Morgan fingerprint density at radius 1 is 1.07 bits per heavy atom. The van der Waals surface area contributed by atoms with Crippen molar-refractivity contribution in [1.29, 1.82) is 5.26 Å². The highest BCUT2D eigenvalue weighted by Gasteiger charge is 2.47. The minimum Gasteiger partial charge on any atom is -0.336 e. The molecule has 7 heteroatoms. The number of nitriles is 1. The molecule has 1 amide bonds. The van der Waals surface area contributed by atoms with Gasteiger partial charge in [0.15, 0.2) is 0 Å². The van der Waals surface area contributed by atoms with E-state index in [4.69, 9.17) is 0 Å². The maximum absolute atomic E-state index is 13.7. The Labute approximate surface area is 161 Å². The second-order valence-corrected chi connectivity index (χ2v) is 6.98. The molecule has 4 nitrogen and oxygen atoms in total. The summed E-state index contributed by atoms with van der Waals surface area (Å²) >= 11 is 0. The van der Waals surface area contributed by atoms with Crippen molar-refractivity contribution in [3.05, 3.63) is 71.8 Å². The zero-order chi connectivity index (χ0) is 20.2. The zero-order valence-electron chi connectivity index (χ0n) is 15.0. The van der Waals surface area contributed by atoms with E-state index in [1.165, 1.54) is 24.3 Å². The van der Waals surface area contributed by atoms with Crippen LogP contribution in [-0.2, 0) is 11.2 Å². The summed E-state index contributed by atoms with van der Waals surface area (Å²) in [5.74, 6) is -0.604. The summed E-state index contributed by atoms with van der Waals surface area (Å²) in [4.78, 5) is 12.8. The van der Waals surface area contributed by atoms with Crippen LogP contribution < -0.4 is 10.6 Å². The highest BCUT2D eigenvalue weighted by atomic mass is 19.4. The number of carbonyl (C=O) groups excluding carboxylic acids is 1. The number of amides is 1. The zero-order valence-corrected chi connectivity index (χ0v) is 15.0. The molecule has 28 heavy (non-hydrogen) atoms. The second-order valence-electron chi connectivity index (χ2n) is 6.98. The standard InChI is InChI=1S/C21H20F3N3O/c22-21(23,24)18(16-9-5-2-6-10-16)26-17(13-15-7-3-1-4-8-15)19(28)27-20(14-25)11-12-20/h1-10,17-18,26H,11-13H2,(H,27,28)/t17-,18+/m0/s1. The van der Waals surface area contributed by atoms with Gasteiger partial charge < -0.3 is 5.32 Å². The predicted octanol–water partition coefficient (Wildman–Crippen LogP) is 3.66. The first-order chi connectivity index (χ1) is 13.3. The number of nitrogens with zero attached hydrogens (tertiary/aromatic N) is 1. The van der Waals surface area contributed by atoms with Crippen molar-refractivity contribution in [2.45, 2.75) is 43.1 Å². The first-order valence-electron chi connectivity index (χ1n) is 8.98. The molecule has 2 aromatic carbocycles. The summed E-state index contributed by atoms with van der Waals surface area (Å²) in [7, 11) is 0. The summed E-state index contributed by atoms with van der Waals surface area (Å²) < 4.78 is 41.2. The van der Waals surface area contributed by atoms with Crippen molar-refractivity contribution >= 4 is 5.91 Å². The van der Waals surface area contributed by atoms with Crippen LogP contribution in [0.15, 0.2) is 60.7 Å². The predicted molar refractivity (Wildman–Crippen MR) is 98.0 cm³/mol. The molecule has 0 bridgehead atoms. The lowest BCUT2D eigenvalue weighted by molar-refractivity contribution is -0.160. The Bertz CT molecular complexity index is 843. The molecule has 0 aliphatic heterocycles. The van der Waals surface area contributed by atoms with Gasteiger partial charge in [-0.15, -0.1) is 0 Å². The van der Waals surface area contributed by atoms with Crippen LogP contribution in [0.1, 0.15) is 30.0 Å². The Hall–Kier alpha value is -2.85. The van der Waals surface area contributed by atoms with Crippen LogP contribution in [0.3, 0.4) is 0 Å². The Balaban J connectivity index is 1.86. The van der Waals surface area contributed by atoms with Crippen LogP contribution in [0.5, 0.6) is 0 Å². The van der Waals surface area contributed by atoms with Gasteiger partial charge in [0.1, 0.15) is 11.6 Å². The summed E-state index contributed by atoms with van der Waals surface area (Å²) in [5, 5.41) is 14.3. The van der Waals surface area contributed by atoms with Crippen molar-refractivity contribution in [3.8, 4) is 6.07 Å². The second kappa shape index (κ2) is 8.03. The molecule has 1 saturated carbocycles. The molecule has 0 unspecified atom stereocenters. The number of rotatable bonds is 7. The van der Waals surface area contributed by atoms with E-state index in [2.05, 4.69) is 10.6 Å². The maximum atomic E-state index is 13.7. The third-order valence-electron chi connectivity index (χ3n) is 4.75.